The van der Waals surface area contributed by atoms with Gasteiger partial charge in [0.05, 0.1) is 10.2 Å². The van der Waals surface area contributed by atoms with Crippen molar-refractivity contribution < 1.29 is 23.9 Å². The Kier molecular flexibility index (Phi) is 8.66. The fourth-order valence-electron chi connectivity index (χ4n) is 4.07. The lowest BCUT2D eigenvalue weighted by Crippen LogP contribution is -2.54. The number of barbiturate groups is 1. The average molecular weight is 676 g/mol. The van der Waals surface area contributed by atoms with E-state index in [0.717, 1.165) is 20.5 Å². The molecule has 4 aromatic carbocycles. The Morgan fingerprint density at radius 2 is 1.41 bits per heavy atom. The second-order valence-corrected chi connectivity index (χ2v) is 11.1. The number of carbonyl (C=O) groups excluding carboxylic acids is 3. The average Bonchev–Trinajstić information content (AvgIpc) is 2.96. The van der Waals surface area contributed by atoms with Gasteiger partial charge >= 0.3 is 6.03 Å². The molecule has 0 atom stereocenters. The highest BCUT2D eigenvalue weighted by molar-refractivity contribution is 9.10. The summed E-state index contributed by atoms with van der Waals surface area (Å²) in [5.41, 5.74) is 3.93. The molecule has 7 nitrogen and oxygen atoms in total. The highest BCUT2D eigenvalue weighted by Crippen LogP contribution is 2.29. The van der Waals surface area contributed by atoms with Crippen LogP contribution in [0.15, 0.2) is 106 Å². The van der Waals surface area contributed by atoms with Crippen molar-refractivity contribution in [3.63, 3.8) is 0 Å². The summed E-state index contributed by atoms with van der Waals surface area (Å²) in [4.78, 5) is 39.5. The van der Waals surface area contributed by atoms with E-state index in [2.05, 4.69) is 37.2 Å². The first-order chi connectivity index (χ1) is 19.8. The van der Waals surface area contributed by atoms with Gasteiger partial charge in [-0.25, -0.2) is 9.69 Å². The van der Waals surface area contributed by atoms with Crippen LogP contribution in [0.5, 0.6) is 11.5 Å². The highest BCUT2D eigenvalue weighted by Gasteiger charge is 2.36. The van der Waals surface area contributed by atoms with E-state index in [0.29, 0.717) is 40.4 Å². The molecule has 1 aliphatic heterocycles. The van der Waals surface area contributed by atoms with Gasteiger partial charge in [0.25, 0.3) is 11.8 Å². The summed E-state index contributed by atoms with van der Waals surface area (Å²) < 4.78 is 13.4. The number of aryl methyl sites for hydroxylation is 1. The number of nitrogens with one attached hydrogen (secondary N) is 1. The molecule has 0 saturated carbocycles. The molecule has 1 heterocycles. The topological polar surface area (TPSA) is 84.9 Å². The third-order valence-corrected chi connectivity index (χ3v) is 7.45. The molecule has 4 aromatic rings. The molecule has 0 unspecified atom stereocenters. The first-order valence-electron chi connectivity index (χ1n) is 12.6. The third kappa shape index (κ3) is 6.93. The monoisotopic (exact) mass is 674 g/mol. The van der Waals surface area contributed by atoms with E-state index in [1.165, 1.54) is 11.6 Å². The van der Waals surface area contributed by atoms with E-state index in [1.807, 2.05) is 55.5 Å². The number of amides is 4. The van der Waals surface area contributed by atoms with Gasteiger partial charge in [0, 0.05) is 4.47 Å². The molecule has 0 radical (unpaired) electrons. The predicted molar refractivity (Wildman–Crippen MR) is 164 cm³/mol. The summed E-state index contributed by atoms with van der Waals surface area (Å²) in [5.74, 6) is -0.297. The Hall–Kier alpha value is -4.21. The number of anilines is 1. The van der Waals surface area contributed by atoms with Crippen molar-refractivity contribution in [1.29, 1.82) is 0 Å². The van der Waals surface area contributed by atoms with Crippen LogP contribution in [-0.4, -0.2) is 17.8 Å². The van der Waals surface area contributed by atoms with Crippen LogP contribution >= 0.6 is 31.9 Å². The molecule has 206 valence electrons. The molecule has 4 amide bonds. The van der Waals surface area contributed by atoms with Crippen LogP contribution in [0.2, 0.25) is 0 Å². The summed E-state index contributed by atoms with van der Waals surface area (Å²) >= 11 is 6.91. The minimum Gasteiger partial charge on any atom is -0.489 e. The zero-order chi connectivity index (χ0) is 28.9. The maximum absolute atomic E-state index is 13.3. The van der Waals surface area contributed by atoms with E-state index in [-0.39, 0.29) is 5.57 Å². The molecule has 1 saturated heterocycles. The number of benzene rings is 4. The minimum absolute atomic E-state index is 0.166. The van der Waals surface area contributed by atoms with E-state index in [1.54, 1.807) is 42.5 Å². The molecule has 41 heavy (non-hydrogen) atoms. The first kappa shape index (κ1) is 28.3. The van der Waals surface area contributed by atoms with E-state index in [9.17, 15) is 14.4 Å². The Morgan fingerprint density at radius 1 is 0.780 bits per heavy atom. The van der Waals surface area contributed by atoms with Crippen molar-refractivity contribution in [1.82, 2.24) is 5.32 Å². The van der Waals surface area contributed by atoms with Crippen LogP contribution in [0.3, 0.4) is 0 Å². The number of imide groups is 2. The fraction of sp³-hybridized carbons (Fsp3) is 0.0938. The van der Waals surface area contributed by atoms with Gasteiger partial charge in [-0.15, -0.1) is 0 Å². The normalized spacial score (nSPS) is 14.3. The number of hydrogen-bond donors (Lipinski definition) is 1. The van der Waals surface area contributed by atoms with Crippen molar-refractivity contribution in [2.75, 3.05) is 4.90 Å². The molecular formula is C32H24Br2N2O5. The van der Waals surface area contributed by atoms with Crippen molar-refractivity contribution >= 4 is 61.5 Å². The fourth-order valence-corrected chi connectivity index (χ4v) is 4.84. The molecule has 0 spiro atoms. The minimum atomic E-state index is -0.818. The van der Waals surface area contributed by atoms with Crippen molar-refractivity contribution in [3.8, 4) is 11.5 Å². The zero-order valence-electron chi connectivity index (χ0n) is 21.9. The van der Waals surface area contributed by atoms with E-state index < -0.39 is 17.8 Å². The van der Waals surface area contributed by atoms with Gasteiger partial charge in [-0.2, -0.15) is 0 Å². The number of halogens is 2. The van der Waals surface area contributed by atoms with Crippen LogP contribution in [0, 0.1) is 6.92 Å². The van der Waals surface area contributed by atoms with Crippen molar-refractivity contribution in [2.45, 2.75) is 20.1 Å². The maximum atomic E-state index is 13.3. The molecular weight excluding hydrogens is 652 g/mol. The van der Waals surface area contributed by atoms with Crippen LogP contribution in [0.4, 0.5) is 10.5 Å². The first-order valence-corrected chi connectivity index (χ1v) is 14.2. The van der Waals surface area contributed by atoms with Gasteiger partial charge in [0.15, 0.2) is 0 Å². The number of rotatable bonds is 8. The molecule has 9 heteroatoms. The number of carbonyl (C=O) groups is 3. The number of hydrogen-bond acceptors (Lipinski definition) is 5. The summed E-state index contributed by atoms with van der Waals surface area (Å²) in [7, 11) is 0. The van der Waals surface area contributed by atoms with Crippen molar-refractivity contribution in [2.24, 2.45) is 0 Å². The molecule has 0 bridgehead atoms. The van der Waals surface area contributed by atoms with Crippen LogP contribution in [0.1, 0.15) is 22.3 Å². The summed E-state index contributed by atoms with van der Waals surface area (Å²) in [6, 6.07) is 26.8. The maximum Gasteiger partial charge on any atom is 0.335 e. The molecule has 0 aliphatic carbocycles. The molecule has 1 fully saturated rings. The molecule has 1 aliphatic rings. The summed E-state index contributed by atoms with van der Waals surface area (Å²) in [6.45, 7) is 2.78. The smallest absolute Gasteiger partial charge is 0.335 e. The lowest BCUT2D eigenvalue weighted by atomic mass is 10.1. The zero-order valence-corrected chi connectivity index (χ0v) is 25.1. The van der Waals surface area contributed by atoms with Gasteiger partial charge in [-0.1, -0.05) is 64.0 Å². The Morgan fingerprint density at radius 3 is 2.07 bits per heavy atom. The standard InChI is InChI=1S/C32H24Br2N2O5/c1-20-2-4-21(5-3-20)19-41-29-15-8-23(17-28(29)34)16-27-30(37)35-32(39)36(31(27)38)25-11-13-26(14-12-25)40-18-22-6-9-24(33)10-7-22/h2-17H,18-19H2,1H3,(H,35,37,39)/b27-16+. The number of nitrogens with zero attached hydrogens (tertiary/aromatic N) is 1. The second-order valence-electron chi connectivity index (χ2n) is 9.33. The van der Waals surface area contributed by atoms with Crippen molar-refractivity contribution in [3.05, 3.63) is 128 Å². The number of urea groups is 1. The Labute approximate surface area is 254 Å². The molecule has 1 N–H and O–H groups in total. The third-order valence-electron chi connectivity index (χ3n) is 6.30. The molecule has 0 aromatic heterocycles. The van der Waals surface area contributed by atoms with Crippen LogP contribution in [-0.2, 0) is 22.8 Å². The largest absolute Gasteiger partial charge is 0.489 e. The lowest BCUT2D eigenvalue weighted by molar-refractivity contribution is -0.122. The van der Waals surface area contributed by atoms with E-state index >= 15 is 0 Å². The quantitative estimate of drug-likeness (QED) is 0.156. The SMILES string of the molecule is Cc1ccc(COc2ccc(/C=C3\C(=O)NC(=O)N(c4ccc(OCc5ccc(Br)cc5)cc4)C3=O)cc2Br)cc1. The number of ether oxygens (including phenoxy) is 2. The van der Waals surface area contributed by atoms with Gasteiger partial charge in [-0.3, -0.25) is 14.9 Å². The highest BCUT2D eigenvalue weighted by atomic mass is 79.9. The summed E-state index contributed by atoms with van der Waals surface area (Å²) in [6.07, 6.45) is 1.45. The molecule has 5 rings (SSSR count). The predicted octanol–water partition coefficient (Wildman–Crippen LogP) is 7.34. The van der Waals surface area contributed by atoms with Gasteiger partial charge < -0.3 is 9.47 Å². The van der Waals surface area contributed by atoms with Gasteiger partial charge in [0.1, 0.15) is 30.3 Å². The van der Waals surface area contributed by atoms with Crippen LogP contribution in [0.25, 0.3) is 6.08 Å². The van der Waals surface area contributed by atoms with Crippen LogP contribution < -0.4 is 19.7 Å². The Balaban J connectivity index is 1.28. The Bertz CT molecular complexity index is 1630. The van der Waals surface area contributed by atoms with E-state index in [4.69, 9.17) is 9.47 Å². The van der Waals surface area contributed by atoms with Gasteiger partial charge in [-0.05, 0) is 94.2 Å². The summed E-state index contributed by atoms with van der Waals surface area (Å²) in [5, 5.41) is 2.25. The van der Waals surface area contributed by atoms with Gasteiger partial charge in [0.2, 0.25) is 0 Å². The lowest BCUT2D eigenvalue weighted by Gasteiger charge is -2.26. The second kappa shape index (κ2) is 12.5.